The van der Waals surface area contributed by atoms with Crippen molar-refractivity contribution >= 4 is 0 Å². The van der Waals surface area contributed by atoms with Crippen molar-refractivity contribution in [1.82, 2.24) is 4.90 Å². The Morgan fingerprint density at radius 3 is 2.88 bits per heavy atom. The zero-order valence-electron chi connectivity index (χ0n) is 9.06. The van der Waals surface area contributed by atoms with Gasteiger partial charge in [-0.05, 0) is 30.0 Å². The summed E-state index contributed by atoms with van der Waals surface area (Å²) in [5.41, 5.74) is 3.34. The molecule has 1 aromatic rings. The number of rotatable bonds is 1. The molecule has 1 heterocycles. The van der Waals surface area contributed by atoms with Crippen molar-refractivity contribution in [2.75, 3.05) is 13.1 Å². The summed E-state index contributed by atoms with van der Waals surface area (Å²) in [6.07, 6.45) is 1.93. The summed E-state index contributed by atoms with van der Waals surface area (Å²) in [5, 5.41) is 18.4. The Balaban J connectivity index is 1.92. The molecule has 0 spiro atoms. The summed E-state index contributed by atoms with van der Waals surface area (Å²) in [7, 11) is 0. The van der Waals surface area contributed by atoms with Crippen LogP contribution in [0.25, 0.3) is 0 Å². The molecule has 0 bridgehead atoms. The minimum Gasteiger partial charge on any atom is -0.390 e. The zero-order chi connectivity index (χ0) is 11.1. The molecule has 1 aromatic carbocycles. The summed E-state index contributed by atoms with van der Waals surface area (Å²) in [6, 6.07) is 8.67. The molecule has 16 heavy (non-hydrogen) atoms. The standard InChI is InChI=1S/C13H14N2O/c14-6-9-2-1-3-12-11(9)4-5-13(12)15-7-10(16)8-15/h1-3,10,13,16H,4-5,7-8H2. The molecule has 1 unspecified atom stereocenters. The van der Waals surface area contributed by atoms with Crippen LogP contribution in [0, 0.1) is 11.3 Å². The molecule has 1 N–H and O–H groups in total. The average Bonchev–Trinajstić information content (AvgIpc) is 2.68. The molecular formula is C13H14N2O. The van der Waals surface area contributed by atoms with E-state index in [1.807, 2.05) is 12.1 Å². The quantitative estimate of drug-likeness (QED) is 0.764. The highest BCUT2D eigenvalue weighted by molar-refractivity contribution is 5.47. The van der Waals surface area contributed by atoms with Crippen molar-refractivity contribution in [2.24, 2.45) is 0 Å². The zero-order valence-corrected chi connectivity index (χ0v) is 9.06. The Bertz CT molecular complexity index is 457. The molecule has 1 saturated heterocycles. The molecule has 3 heteroatoms. The van der Waals surface area contributed by atoms with Crippen molar-refractivity contribution in [3.8, 4) is 6.07 Å². The summed E-state index contributed by atoms with van der Waals surface area (Å²) >= 11 is 0. The lowest BCUT2D eigenvalue weighted by molar-refractivity contribution is -0.0251. The maximum absolute atomic E-state index is 9.33. The SMILES string of the molecule is N#Cc1cccc2c1CCC2N1CC(O)C1. The van der Waals surface area contributed by atoms with Crippen molar-refractivity contribution < 1.29 is 5.11 Å². The molecule has 1 atom stereocenters. The smallest absolute Gasteiger partial charge is 0.0994 e. The minimum absolute atomic E-state index is 0.150. The summed E-state index contributed by atoms with van der Waals surface area (Å²) in [5.74, 6) is 0. The second-order valence-electron chi connectivity index (χ2n) is 4.65. The number of hydrogen-bond donors (Lipinski definition) is 1. The highest BCUT2D eigenvalue weighted by Crippen LogP contribution is 2.39. The number of aliphatic hydroxyl groups excluding tert-OH is 1. The van der Waals surface area contributed by atoms with Crippen molar-refractivity contribution in [1.29, 1.82) is 5.26 Å². The van der Waals surface area contributed by atoms with Crippen molar-refractivity contribution in [3.63, 3.8) is 0 Å². The number of nitrogens with zero attached hydrogens (tertiary/aromatic N) is 2. The van der Waals surface area contributed by atoms with Gasteiger partial charge in [0.2, 0.25) is 0 Å². The van der Waals surface area contributed by atoms with Gasteiger partial charge in [-0.25, -0.2) is 0 Å². The fourth-order valence-corrected chi connectivity index (χ4v) is 2.86. The van der Waals surface area contributed by atoms with Gasteiger partial charge in [-0.2, -0.15) is 5.26 Å². The number of aliphatic hydroxyl groups is 1. The summed E-state index contributed by atoms with van der Waals surface area (Å²) in [6.45, 7) is 1.56. The number of hydrogen-bond acceptors (Lipinski definition) is 3. The number of β-amino-alcohol motifs (C(OH)–C–C–N with tert-alkyl or cyclic N) is 1. The maximum atomic E-state index is 9.33. The first-order valence-corrected chi connectivity index (χ1v) is 5.73. The third-order valence-electron chi connectivity index (χ3n) is 3.69. The van der Waals surface area contributed by atoms with Gasteiger partial charge in [-0.1, -0.05) is 12.1 Å². The first kappa shape index (κ1) is 9.83. The Kier molecular flexibility index (Phi) is 2.20. The number of likely N-dealkylation sites (tertiary alicyclic amines) is 1. The van der Waals surface area contributed by atoms with Crippen LogP contribution in [-0.4, -0.2) is 29.2 Å². The van der Waals surface area contributed by atoms with E-state index < -0.39 is 0 Å². The molecule has 82 valence electrons. The van der Waals surface area contributed by atoms with Gasteiger partial charge in [0, 0.05) is 19.1 Å². The first-order valence-electron chi connectivity index (χ1n) is 5.73. The highest BCUT2D eigenvalue weighted by atomic mass is 16.3. The lowest BCUT2D eigenvalue weighted by atomic mass is 10.00. The van der Waals surface area contributed by atoms with Gasteiger partial charge in [0.1, 0.15) is 0 Å². The van der Waals surface area contributed by atoms with Crippen LogP contribution in [-0.2, 0) is 6.42 Å². The van der Waals surface area contributed by atoms with E-state index >= 15 is 0 Å². The lowest BCUT2D eigenvalue weighted by Crippen LogP contribution is -2.51. The van der Waals surface area contributed by atoms with Crippen LogP contribution in [0.2, 0.25) is 0 Å². The molecule has 0 saturated carbocycles. The molecule has 2 aliphatic rings. The van der Waals surface area contributed by atoms with E-state index in [9.17, 15) is 5.11 Å². The molecule has 3 rings (SSSR count). The van der Waals surface area contributed by atoms with E-state index in [0.717, 1.165) is 31.5 Å². The first-order chi connectivity index (χ1) is 7.79. The van der Waals surface area contributed by atoms with E-state index in [0.29, 0.717) is 6.04 Å². The molecule has 1 aliphatic heterocycles. The molecule has 1 fully saturated rings. The highest BCUT2D eigenvalue weighted by Gasteiger charge is 2.35. The average molecular weight is 214 g/mol. The van der Waals surface area contributed by atoms with Crippen LogP contribution in [0.5, 0.6) is 0 Å². The largest absolute Gasteiger partial charge is 0.390 e. The fourth-order valence-electron chi connectivity index (χ4n) is 2.86. The van der Waals surface area contributed by atoms with Gasteiger partial charge < -0.3 is 5.11 Å². The second-order valence-corrected chi connectivity index (χ2v) is 4.65. The third kappa shape index (κ3) is 1.35. The Morgan fingerprint density at radius 1 is 1.38 bits per heavy atom. The van der Waals surface area contributed by atoms with Gasteiger partial charge in [0.25, 0.3) is 0 Å². The molecule has 0 radical (unpaired) electrons. The molecule has 0 amide bonds. The van der Waals surface area contributed by atoms with Gasteiger partial charge in [0.05, 0.1) is 17.7 Å². The fraction of sp³-hybridized carbons (Fsp3) is 0.462. The topological polar surface area (TPSA) is 47.3 Å². The Hall–Kier alpha value is -1.37. The lowest BCUT2D eigenvalue weighted by Gasteiger charge is -2.40. The molecular weight excluding hydrogens is 200 g/mol. The van der Waals surface area contributed by atoms with Gasteiger partial charge >= 0.3 is 0 Å². The molecule has 0 aromatic heterocycles. The van der Waals surface area contributed by atoms with Crippen molar-refractivity contribution in [3.05, 3.63) is 34.9 Å². The van der Waals surface area contributed by atoms with E-state index in [2.05, 4.69) is 17.0 Å². The van der Waals surface area contributed by atoms with Crippen LogP contribution in [0.1, 0.15) is 29.2 Å². The van der Waals surface area contributed by atoms with E-state index in [-0.39, 0.29) is 6.10 Å². The minimum atomic E-state index is -0.150. The van der Waals surface area contributed by atoms with Crippen LogP contribution in [0.15, 0.2) is 18.2 Å². The predicted octanol–water partition coefficient (Wildman–Crippen LogP) is 1.22. The third-order valence-corrected chi connectivity index (χ3v) is 3.69. The number of nitriles is 1. The van der Waals surface area contributed by atoms with Gasteiger partial charge in [-0.15, -0.1) is 0 Å². The van der Waals surface area contributed by atoms with Crippen LogP contribution < -0.4 is 0 Å². The molecule has 1 aliphatic carbocycles. The van der Waals surface area contributed by atoms with E-state index in [4.69, 9.17) is 5.26 Å². The van der Waals surface area contributed by atoms with Gasteiger partial charge in [0.15, 0.2) is 0 Å². The second kappa shape index (κ2) is 3.58. The van der Waals surface area contributed by atoms with Crippen molar-refractivity contribution in [2.45, 2.75) is 25.0 Å². The Morgan fingerprint density at radius 2 is 2.19 bits per heavy atom. The van der Waals surface area contributed by atoms with Crippen LogP contribution in [0.3, 0.4) is 0 Å². The normalized spacial score (nSPS) is 24.9. The van der Waals surface area contributed by atoms with E-state index in [1.165, 1.54) is 11.1 Å². The Labute approximate surface area is 94.9 Å². The van der Waals surface area contributed by atoms with Gasteiger partial charge in [-0.3, -0.25) is 4.90 Å². The number of benzene rings is 1. The van der Waals surface area contributed by atoms with E-state index in [1.54, 1.807) is 0 Å². The molecule has 3 nitrogen and oxygen atoms in total. The van der Waals surface area contributed by atoms with Crippen LogP contribution >= 0.6 is 0 Å². The number of fused-ring (bicyclic) bond motifs is 1. The summed E-state index contributed by atoms with van der Waals surface area (Å²) in [4.78, 5) is 2.30. The maximum Gasteiger partial charge on any atom is 0.0994 e. The van der Waals surface area contributed by atoms with Crippen LogP contribution in [0.4, 0.5) is 0 Å². The monoisotopic (exact) mass is 214 g/mol. The summed E-state index contributed by atoms with van der Waals surface area (Å²) < 4.78 is 0. The predicted molar refractivity (Wildman–Crippen MR) is 59.8 cm³/mol.